The molecule has 1 aromatic heterocycles. The molecule has 0 saturated carbocycles. The fraction of sp³-hybridized carbons (Fsp3) is 0.308. The van der Waals surface area contributed by atoms with Gasteiger partial charge in [-0.1, -0.05) is 34.7 Å². The minimum absolute atomic E-state index is 0.133. The van der Waals surface area contributed by atoms with Crippen LogP contribution in [0, 0.1) is 0 Å². The number of carbonyl (C=O) groups is 1. The molecule has 0 spiro atoms. The maximum atomic E-state index is 11.9. The van der Waals surface area contributed by atoms with Crippen molar-refractivity contribution in [2.75, 3.05) is 30.0 Å². The molecule has 118 valence electrons. The van der Waals surface area contributed by atoms with Gasteiger partial charge < -0.3 is 15.4 Å². The zero-order valence-corrected chi connectivity index (χ0v) is 14.4. The van der Waals surface area contributed by atoms with E-state index < -0.39 is 0 Å². The number of methoxy groups -OCH3 is 1. The third-order valence-corrected chi connectivity index (χ3v) is 4.81. The Balaban J connectivity index is 1.85. The van der Waals surface area contributed by atoms with Crippen LogP contribution in [0.2, 0.25) is 5.02 Å². The van der Waals surface area contributed by atoms with Crippen LogP contribution in [-0.4, -0.2) is 35.5 Å². The van der Waals surface area contributed by atoms with Crippen molar-refractivity contribution in [3.05, 3.63) is 23.2 Å². The predicted octanol–water partition coefficient (Wildman–Crippen LogP) is 3.36. The zero-order valence-electron chi connectivity index (χ0n) is 12.1. The van der Waals surface area contributed by atoms with E-state index in [0.29, 0.717) is 16.5 Å². The second kappa shape index (κ2) is 8.21. The lowest BCUT2D eigenvalue weighted by atomic mass is 10.3. The van der Waals surface area contributed by atoms with Crippen molar-refractivity contribution in [3.8, 4) is 5.75 Å². The molecular weight excluding hydrogens is 344 g/mol. The lowest BCUT2D eigenvalue weighted by molar-refractivity contribution is -0.113. The van der Waals surface area contributed by atoms with Gasteiger partial charge in [-0.2, -0.15) is 0 Å². The van der Waals surface area contributed by atoms with Crippen molar-refractivity contribution in [1.82, 2.24) is 10.2 Å². The molecule has 0 unspecified atom stereocenters. The van der Waals surface area contributed by atoms with Crippen molar-refractivity contribution < 1.29 is 9.53 Å². The summed E-state index contributed by atoms with van der Waals surface area (Å²) in [5.41, 5.74) is 0.627. The molecular formula is C13H15ClN4O2S2. The molecule has 1 heterocycles. The van der Waals surface area contributed by atoms with E-state index in [0.717, 1.165) is 16.0 Å². The van der Waals surface area contributed by atoms with Crippen LogP contribution in [0.15, 0.2) is 22.5 Å². The molecule has 22 heavy (non-hydrogen) atoms. The molecule has 0 atom stereocenters. The summed E-state index contributed by atoms with van der Waals surface area (Å²) >= 11 is 8.78. The van der Waals surface area contributed by atoms with E-state index in [1.54, 1.807) is 25.3 Å². The molecule has 0 bridgehead atoms. The number of halogens is 1. The number of carbonyl (C=O) groups excluding carboxylic acids is 1. The van der Waals surface area contributed by atoms with Crippen LogP contribution in [0.3, 0.4) is 0 Å². The minimum Gasteiger partial charge on any atom is -0.495 e. The van der Waals surface area contributed by atoms with Crippen LogP contribution in [0.1, 0.15) is 6.92 Å². The van der Waals surface area contributed by atoms with E-state index in [4.69, 9.17) is 16.3 Å². The van der Waals surface area contributed by atoms with Crippen molar-refractivity contribution in [3.63, 3.8) is 0 Å². The summed E-state index contributed by atoms with van der Waals surface area (Å²) < 4.78 is 5.81. The Bertz CT molecular complexity index is 651. The Labute approximate surface area is 141 Å². The van der Waals surface area contributed by atoms with Gasteiger partial charge in [-0.05, 0) is 25.1 Å². The number of aromatic nitrogens is 2. The molecule has 0 fully saturated rings. The minimum atomic E-state index is -0.133. The highest BCUT2D eigenvalue weighted by molar-refractivity contribution is 8.01. The second-order valence-corrected chi connectivity index (χ2v) is 6.70. The largest absolute Gasteiger partial charge is 0.495 e. The number of nitrogens with zero attached hydrogens (tertiary/aromatic N) is 2. The lowest BCUT2D eigenvalue weighted by Gasteiger charge is -2.07. The van der Waals surface area contributed by atoms with Gasteiger partial charge in [0, 0.05) is 12.2 Å². The Morgan fingerprint density at radius 3 is 2.95 bits per heavy atom. The van der Waals surface area contributed by atoms with Gasteiger partial charge in [-0.3, -0.25) is 4.79 Å². The highest BCUT2D eigenvalue weighted by Gasteiger charge is 2.09. The number of anilines is 2. The monoisotopic (exact) mass is 358 g/mol. The smallest absolute Gasteiger partial charge is 0.234 e. The van der Waals surface area contributed by atoms with Gasteiger partial charge in [0.2, 0.25) is 11.0 Å². The molecule has 2 rings (SSSR count). The number of hydrogen-bond acceptors (Lipinski definition) is 7. The molecule has 0 radical (unpaired) electrons. The molecule has 2 N–H and O–H groups in total. The first-order valence-electron chi connectivity index (χ1n) is 6.46. The molecule has 0 aliphatic heterocycles. The summed E-state index contributed by atoms with van der Waals surface area (Å²) in [6.07, 6.45) is 0. The highest BCUT2D eigenvalue weighted by Crippen LogP contribution is 2.28. The number of amides is 1. The van der Waals surface area contributed by atoms with Crippen LogP contribution >= 0.6 is 34.7 Å². The van der Waals surface area contributed by atoms with Gasteiger partial charge in [0.25, 0.3) is 0 Å². The summed E-state index contributed by atoms with van der Waals surface area (Å²) in [7, 11) is 1.54. The van der Waals surface area contributed by atoms with E-state index in [1.807, 2.05) is 6.92 Å². The predicted molar refractivity (Wildman–Crippen MR) is 91.4 cm³/mol. The third kappa shape index (κ3) is 4.75. The topological polar surface area (TPSA) is 76.1 Å². The first-order valence-corrected chi connectivity index (χ1v) is 8.64. The average molecular weight is 359 g/mol. The average Bonchev–Trinajstić information content (AvgIpc) is 2.93. The standard InChI is InChI=1S/C13H15ClN4O2S2/c1-3-15-12-17-18-13(22-12)21-7-11(19)16-8-4-5-10(20-2)9(14)6-8/h4-6H,3,7H2,1-2H3,(H,15,17)(H,16,19). The number of ether oxygens (including phenoxy) is 1. The van der Waals surface area contributed by atoms with E-state index >= 15 is 0 Å². The summed E-state index contributed by atoms with van der Waals surface area (Å²) in [5, 5.41) is 15.0. The van der Waals surface area contributed by atoms with Crippen LogP contribution < -0.4 is 15.4 Å². The maximum absolute atomic E-state index is 11.9. The summed E-state index contributed by atoms with van der Waals surface area (Å²) in [6.45, 7) is 2.78. The fourth-order valence-corrected chi connectivity index (χ4v) is 3.44. The molecule has 0 aliphatic carbocycles. The fourth-order valence-electron chi connectivity index (χ4n) is 1.56. The van der Waals surface area contributed by atoms with Crippen molar-refractivity contribution in [2.24, 2.45) is 0 Å². The van der Waals surface area contributed by atoms with Crippen molar-refractivity contribution in [2.45, 2.75) is 11.3 Å². The number of rotatable bonds is 7. The summed E-state index contributed by atoms with van der Waals surface area (Å²) in [5.74, 6) is 0.690. The van der Waals surface area contributed by atoms with Crippen molar-refractivity contribution in [1.29, 1.82) is 0 Å². The maximum Gasteiger partial charge on any atom is 0.234 e. The SMILES string of the molecule is CCNc1nnc(SCC(=O)Nc2ccc(OC)c(Cl)c2)s1. The molecule has 2 aromatic rings. The van der Waals surface area contributed by atoms with Gasteiger partial charge in [-0.25, -0.2) is 0 Å². The van der Waals surface area contributed by atoms with Gasteiger partial charge >= 0.3 is 0 Å². The lowest BCUT2D eigenvalue weighted by Crippen LogP contribution is -2.13. The Morgan fingerprint density at radius 2 is 2.27 bits per heavy atom. The molecule has 1 aromatic carbocycles. The van der Waals surface area contributed by atoms with Gasteiger partial charge in [-0.15, -0.1) is 10.2 Å². The normalized spacial score (nSPS) is 10.3. The van der Waals surface area contributed by atoms with Crippen LogP contribution in [0.5, 0.6) is 5.75 Å². The summed E-state index contributed by atoms with van der Waals surface area (Å²) in [6, 6.07) is 5.09. The van der Waals surface area contributed by atoms with E-state index in [1.165, 1.54) is 23.1 Å². The Hall–Kier alpha value is -1.51. The number of thioether (sulfide) groups is 1. The van der Waals surface area contributed by atoms with Crippen LogP contribution in [-0.2, 0) is 4.79 Å². The number of benzene rings is 1. The van der Waals surface area contributed by atoms with E-state index in [9.17, 15) is 4.79 Å². The number of nitrogens with one attached hydrogen (secondary N) is 2. The zero-order chi connectivity index (χ0) is 15.9. The van der Waals surface area contributed by atoms with Gasteiger partial charge in [0.05, 0.1) is 17.9 Å². The van der Waals surface area contributed by atoms with Crippen LogP contribution in [0.25, 0.3) is 0 Å². The van der Waals surface area contributed by atoms with Crippen LogP contribution in [0.4, 0.5) is 10.8 Å². The second-order valence-electron chi connectivity index (χ2n) is 4.09. The quantitative estimate of drug-likeness (QED) is 0.739. The van der Waals surface area contributed by atoms with Gasteiger partial charge in [0.15, 0.2) is 4.34 Å². The van der Waals surface area contributed by atoms with Gasteiger partial charge in [0.1, 0.15) is 5.75 Å². The van der Waals surface area contributed by atoms with E-state index in [2.05, 4.69) is 20.8 Å². The molecule has 9 heteroatoms. The third-order valence-electron chi connectivity index (χ3n) is 2.50. The summed E-state index contributed by atoms with van der Waals surface area (Å²) in [4.78, 5) is 11.9. The highest BCUT2D eigenvalue weighted by atomic mass is 35.5. The Morgan fingerprint density at radius 1 is 1.45 bits per heavy atom. The molecule has 0 aliphatic rings. The molecule has 1 amide bonds. The molecule has 6 nitrogen and oxygen atoms in total. The number of hydrogen-bond donors (Lipinski definition) is 2. The Kier molecular flexibility index (Phi) is 6.29. The van der Waals surface area contributed by atoms with Crippen molar-refractivity contribution >= 4 is 51.4 Å². The first kappa shape index (κ1) is 16.9. The molecule has 0 saturated heterocycles. The first-order chi connectivity index (χ1) is 10.6. The van der Waals surface area contributed by atoms with E-state index in [-0.39, 0.29) is 11.7 Å².